The third-order valence-electron chi connectivity index (χ3n) is 2.40. The normalized spacial score (nSPS) is 11.8. The summed E-state index contributed by atoms with van der Waals surface area (Å²) in [6.07, 6.45) is 5.94. The average molecular weight is 233 g/mol. The lowest BCUT2D eigenvalue weighted by molar-refractivity contribution is 0.317. The number of phenolic OH excluding ortho intramolecular Hbond substituents is 1. The maximum Gasteiger partial charge on any atom is 0.161 e. The number of hydrogen-bond donors (Lipinski definition) is 2. The smallest absolute Gasteiger partial charge is 0.161 e. The van der Waals surface area contributed by atoms with Gasteiger partial charge in [-0.1, -0.05) is 6.07 Å². The minimum atomic E-state index is 0.173. The van der Waals surface area contributed by atoms with Crippen LogP contribution in [-0.2, 0) is 6.54 Å². The van der Waals surface area contributed by atoms with Crippen LogP contribution in [0.3, 0.4) is 0 Å². The van der Waals surface area contributed by atoms with Crippen molar-refractivity contribution in [3.63, 3.8) is 0 Å². The first-order valence-corrected chi connectivity index (χ1v) is 5.79. The number of benzene rings is 1. The Hall–Kier alpha value is -1.66. The van der Waals surface area contributed by atoms with Gasteiger partial charge in [-0.15, -0.1) is 12.3 Å². The molecule has 0 bridgehead atoms. The van der Waals surface area contributed by atoms with Crippen molar-refractivity contribution in [3.05, 3.63) is 23.8 Å². The predicted molar refractivity (Wildman–Crippen MR) is 69.0 cm³/mol. The van der Waals surface area contributed by atoms with E-state index in [0.717, 1.165) is 5.56 Å². The molecule has 0 radical (unpaired) electrons. The van der Waals surface area contributed by atoms with E-state index >= 15 is 0 Å². The molecular weight excluding hydrogens is 214 g/mol. The van der Waals surface area contributed by atoms with Gasteiger partial charge in [0.15, 0.2) is 11.5 Å². The van der Waals surface area contributed by atoms with E-state index in [0.29, 0.717) is 25.3 Å². The maximum atomic E-state index is 9.56. The Kier molecular flexibility index (Phi) is 5.38. The number of terminal acetylenes is 1. The fraction of sp³-hybridized carbons (Fsp3) is 0.429. The summed E-state index contributed by atoms with van der Waals surface area (Å²) < 4.78 is 5.32. The van der Waals surface area contributed by atoms with E-state index < -0.39 is 0 Å². The van der Waals surface area contributed by atoms with Crippen LogP contribution in [0, 0.1) is 12.3 Å². The van der Waals surface area contributed by atoms with Gasteiger partial charge in [0.2, 0.25) is 0 Å². The Morgan fingerprint density at radius 1 is 1.53 bits per heavy atom. The SMILES string of the molecule is C#CCC(C)NCc1ccc(O)c(OCC)c1. The highest BCUT2D eigenvalue weighted by Crippen LogP contribution is 2.26. The van der Waals surface area contributed by atoms with Crippen LogP contribution in [0.1, 0.15) is 25.8 Å². The number of nitrogens with one attached hydrogen (secondary N) is 1. The first-order chi connectivity index (χ1) is 8.17. The molecule has 0 spiro atoms. The number of phenols is 1. The third kappa shape index (κ3) is 4.38. The van der Waals surface area contributed by atoms with Crippen LogP contribution in [0.2, 0.25) is 0 Å². The van der Waals surface area contributed by atoms with E-state index in [1.807, 2.05) is 26.0 Å². The standard InChI is InChI=1S/C14H19NO2/c1-4-6-11(3)15-10-12-7-8-13(16)14(9-12)17-5-2/h1,7-9,11,15-16H,5-6,10H2,2-3H3. The first-order valence-electron chi connectivity index (χ1n) is 5.79. The molecule has 1 aromatic carbocycles. The molecule has 3 nitrogen and oxygen atoms in total. The highest BCUT2D eigenvalue weighted by Gasteiger charge is 2.04. The largest absolute Gasteiger partial charge is 0.504 e. The molecule has 0 saturated carbocycles. The van der Waals surface area contributed by atoms with Crippen molar-refractivity contribution in [2.24, 2.45) is 0 Å². The van der Waals surface area contributed by atoms with Crippen LogP contribution < -0.4 is 10.1 Å². The molecule has 0 aliphatic rings. The molecule has 2 N–H and O–H groups in total. The van der Waals surface area contributed by atoms with Gasteiger partial charge in [-0.25, -0.2) is 0 Å². The fourth-order valence-corrected chi connectivity index (χ4v) is 1.48. The summed E-state index contributed by atoms with van der Waals surface area (Å²) in [5, 5.41) is 12.9. The molecule has 3 heteroatoms. The summed E-state index contributed by atoms with van der Waals surface area (Å²) in [4.78, 5) is 0. The lowest BCUT2D eigenvalue weighted by atomic mass is 10.1. The second-order valence-electron chi connectivity index (χ2n) is 3.93. The zero-order chi connectivity index (χ0) is 12.7. The number of rotatable bonds is 6. The highest BCUT2D eigenvalue weighted by atomic mass is 16.5. The van der Waals surface area contributed by atoms with E-state index in [1.165, 1.54) is 0 Å². The number of aromatic hydroxyl groups is 1. The Labute approximate surface area is 103 Å². The predicted octanol–water partition coefficient (Wildman–Crippen LogP) is 2.29. The summed E-state index contributed by atoms with van der Waals surface area (Å²) in [5.74, 6) is 3.32. The van der Waals surface area contributed by atoms with Crippen LogP contribution in [0.15, 0.2) is 18.2 Å². The van der Waals surface area contributed by atoms with Gasteiger partial charge in [0.05, 0.1) is 6.61 Å². The van der Waals surface area contributed by atoms with Gasteiger partial charge >= 0.3 is 0 Å². The molecule has 1 rings (SSSR count). The third-order valence-corrected chi connectivity index (χ3v) is 2.40. The number of ether oxygens (including phenoxy) is 1. The molecule has 0 aliphatic carbocycles. The van der Waals surface area contributed by atoms with Crippen LogP contribution in [0.25, 0.3) is 0 Å². The van der Waals surface area contributed by atoms with Crippen molar-refractivity contribution in [1.82, 2.24) is 5.32 Å². The van der Waals surface area contributed by atoms with Gasteiger partial charge in [-0.05, 0) is 31.5 Å². The summed E-state index contributed by atoms with van der Waals surface area (Å²) in [6.45, 7) is 5.18. The maximum absolute atomic E-state index is 9.56. The minimum absolute atomic E-state index is 0.173. The van der Waals surface area contributed by atoms with Crippen molar-refractivity contribution in [3.8, 4) is 23.8 Å². The molecular formula is C14H19NO2. The average Bonchev–Trinajstić information content (AvgIpc) is 2.31. The Bertz CT molecular complexity index is 396. The molecule has 0 heterocycles. The molecule has 0 amide bonds. The van der Waals surface area contributed by atoms with Crippen molar-refractivity contribution in [2.75, 3.05) is 6.61 Å². The van der Waals surface area contributed by atoms with Gasteiger partial charge in [0.25, 0.3) is 0 Å². The summed E-state index contributed by atoms with van der Waals surface area (Å²) in [6, 6.07) is 5.64. The fourth-order valence-electron chi connectivity index (χ4n) is 1.48. The van der Waals surface area contributed by atoms with Crippen molar-refractivity contribution in [2.45, 2.75) is 32.9 Å². The van der Waals surface area contributed by atoms with Crippen LogP contribution in [-0.4, -0.2) is 17.8 Å². The zero-order valence-corrected chi connectivity index (χ0v) is 10.4. The molecule has 92 valence electrons. The first kappa shape index (κ1) is 13.4. The Morgan fingerprint density at radius 2 is 2.29 bits per heavy atom. The lowest BCUT2D eigenvalue weighted by Gasteiger charge is -2.12. The monoisotopic (exact) mass is 233 g/mol. The molecule has 0 aromatic heterocycles. The lowest BCUT2D eigenvalue weighted by Crippen LogP contribution is -2.24. The van der Waals surface area contributed by atoms with Gasteiger partial charge in [-0.3, -0.25) is 0 Å². The zero-order valence-electron chi connectivity index (χ0n) is 10.4. The summed E-state index contributed by atoms with van der Waals surface area (Å²) in [7, 11) is 0. The minimum Gasteiger partial charge on any atom is -0.504 e. The molecule has 1 aromatic rings. The molecule has 0 saturated heterocycles. The molecule has 0 aliphatic heterocycles. The van der Waals surface area contributed by atoms with Crippen LogP contribution in [0.5, 0.6) is 11.5 Å². The molecule has 17 heavy (non-hydrogen) atoms. The molecule has 0 fully saturated rings. The Morgan fingerprint density at radius 3 is 2.94 bits per heavy atom. The summed E-state index contributed by atoms with van der Waals surface area (Å²) >= 11 is 0. The topological polar surface area (TPSA) is 41.5 Å². The molecule has 1 unspecified atom stereocenters. The van der Waals surface area contributed by atoms with Crippen LogP contribution in [0.4, 0.5) is 0 Å². The number of hydrogen-bond acceptors (Lipinski definition) is 3. The van der Waals surface area contributed by atoms with Crippen molar-refractivity contribution < 1.29 is 9.84 Å². The van der Waals surface area contributed by atoms with E-state index in [4.69, 9.17) is 11.2 Å². The van der Waals surface area contributed by atoms with E-state index in [-0.39, 0.29) is 11.8 Å². The van der Waals surface area contributed by atoms with Gasteiger partial charge in [0, 0.05) is 19.0 Å². The van der Waals surface area contributed by atoms with Crippen molar-refractivity contribution in [1.29, 1.82) is 0 Å². The van der Waals surface area contributed by atoms with E-state index in [2.05, 4.69) is 11.2 Å². The van der Waals surface area contributed by atoms with E-state index in [1.54, 1.807) is 6.07 Å². The highest BCUT2D eigenvalue weighted by molar-refractivity contribution is 5.41. The van der Waals surface area contributed by atoms with Gasteiger partial charge < -0.3 is 15.2 Å². The summed E-state index contributed by atoms with van der Waals surface area (Å²) in [5.41, 5.74) is 1.06. The van der Waals surface area contributed by atoms with Gasteiger partial charge in [-0.2, -0.15) is 0 Å². The van der Waals surface area contributed by atoms with Gasteiger partial charge in [0.1, 0.15) is 0 Å². The quantitative estimate of drug-likeness (QED) is 0.741. The second kappa shape index (κ2) is 6.82. The Balaban J connectivity index is 2.60. The van der Waals surface area contributed by atoms with E-state index in [9.17, 15) is 5.11 Å². The van der Waals surface area contributed by atoms with Crippen molar-refractivity contribution >= 4 is 0 Å². The van der Waals surface area contributed by atoms with Crippen LogP contribution >= 0.6 is 0 Å². The molecule has 1 atom stereocenters. The second-order valence-corrected chi connectivity index (χ2v) is 3.93.